The van der Waals surface area contributed by atoms with E-state index in [1.165, 1.54) is 134 Å². The van der Waals surface area contributed by atoms with Crippen LogP contribution < -0.4 is 5.11 Å². The van der Waals surface area contributed by atoms with Gasteiger partial charge in [-0.05, 0) is 43.4 Å². The van der Waals surface area contributed by atoms with E-state index < -0.39 is 35.8 Å². The average molecular weight is 779 g/mol. The minimum absolute atomic E-state index is 0. The van der Waals surface area contributed by atoms with Gasteiger partial charge in [0.25, 0.3) is 10.1 Å². The Kier molecular flexibility index (Phi) is 29.9. The van der Waals surface area contributed by atoms with Crippen molar-refractivity contribution >= 4 is 58.0 Å². The van der Waals surface area contributed by atoms with E-state index in [-0.39, 0.29) is 43.5 Å². The van der Waals surface area contributed by atoms with Gasteiger partial charge in [0.1, 0.15) is 20.8 Å². The van der Waals surface area contributed by atoms with E-state index in [1.807, 2.05) is 0 Å². The molecule has 0 unspecified atom stereocenters. The summed E-state index contributed by atoms with van der Waals surface area (Å²) in [7, 11) is -9.04. The van der Waals surface area contributed by atoms with Crippen LogP contribution in [0.5, 0.6) is 11.5 Å². The van der Waals surface area contributed by atoms with Crippen molar-refractivity contribution in [3.05, 3.63) is 47.5 Å². The van der Waals surface area contributed by atoms with E-state index in [0.29, 0.717) is 24.0 Å². The topological polar surface area (TPSA) is 155 Å². The molecule has 0 fully saturated rings. The van der Waals surface area contributed by atoms with E-state index in [1.54, 1.807) is 18.2 Å². The Bertz CT molecular complexity index is 1280. The minimum Gasteiger partial charge on any atom is -0.871 e. The third-order valence-corrected chi connectivity index (χ3v) is 11.0. The Morgan fingerprint density at radius 1 is 0.510 bits per heavy atom. The van der Waals surface area contributed by atoms with Crippen molar-refractivity contribution in [3.63, 3.8) is 0 Å². The third-order valence-electron chi connectivity index (χ3n) is 9.29. The number of benzene rings is 2. The number of rotatable bonds is 28. The number of unbranched alkanes of at least 4 members (excludes halogenated alkanes) is 22. The summed E-state index contributed by atoms with van der Waals surface area (Å²) in [6.45, 7) is 4.48. The van der Waals surface area contributed by atoms with Crippen molar-refractivity contribution in [3.8, 4) is 11.5 Å². The zero-order valence-corrected chi connectivity index (χ0v) is 35.6. The van der Waals surface area contributed by atoms with E-state index >= 15 is 0 Å². The van der Waals surface area contributed by atoms with Crippen molar-refractivity contribution in [2.75, 3.05) is 0 Å². The second-order valence-electron chi connectivity index (χ2n) is 13.7. The molecule has 8 nitrogen and oxygen atoms in total. The Hall–Kier alpha value is -0.880. The summed E-state index contributed by atoms with van der Waals surface area (Å²) in [5.41, 5.74) is 1.02. The van der Waals surface area contributed by atoms with Gasteiger partial charge in [0.2, 0.25) is 0 Å². The first-order valence-electron chi connectivity index (χ1n) is 19.5. The number of phenols is 1. The third kappa shape index (κ3) is 24.2. The summed E-state index contributed by atoms with van der Waals surface area (Å²) in [5, 5.41) is 21.9. The molecule has 0 aliphatic rings. The van der Waals surface area contributed by atoms with Gasteiger partial charge in [0.05, 0.1) is 0 Å². The fraction of sp³-hybridized carbons (Fsp3) is 0.700. The molecule has 0 radical (unpaired) electrons. The number of phenolic OH excluding ortho intramolecular Hbond substituents is 1. The summed E-state index contributed by atoms with van der Waals surface area (Å²) in [6, 6.07) is 8.67. The molecule has 0 atom stereocenters. The summed E-state index contributed by atoms with van der Waals surface area (Å²) in [5.74, 6) is -0.936. The molecule has 11 heteroatoms. The maximum absolute atomic E-state index is 12.0. The zero-order chi connectivity index (χ0) is 37.1. The Labute approximate surface area is 341 Å². The maximum Gasteiger partial charge on any atom is 2.00 e. The van der Waals surface area contributed by atoms with Crippen LogP contribution in [0.2, 0.25) is 0 Å². The van der Waals surface area contributed by atoms with Gasteiger partial charge in [-0.25, -0.2) is 8.42 Å². The summed E-state index contributed by atoms with van der Waals surface area (Å²) in [6.07, 6.45) is 31.2. The van der Waals surface area contributed by atoms with Crippen LogP contribution >= 0.6 is 0 Å². The molecule has 0 spiro atoms. The molecule has 0 aliphatic heterocycles. The van der Waals surface area contributed by atoms with E-state index in [0.717, 1.165) is 38.2 Å². The van der Waals surface area contributed by atoms with E-state index in [4.69, 9.17) is 4.55 Å². The smallest absolute Gasteiger partial charge is 0.871 e. The maximum atomic E-state index is 12.0. The Balaban J connectivity index is 0.000000962. The van der Waals surface area contributed by atoms with Gasteiger partial charge in [-0.15, -0.1) is 0 Å². The molecule has 0 amide bonds. The van der Waals surface area contributed by atoms with Crippen LogP contribution in [0, 0.1) is 0 Å². The summed E-state index contributed by atoms with van der Waals surface area (Å²) in [4.78, 5) is -1.02. The Morgan fingerprint density at radius 3 is 1.18 bits per heavy atom. The molecule has 51 heavy (non-hydrogen) atoms. The molecule has 2 aromatic rings. The van der Waals surface area contributed by atoms with Gasteiger partial charge in [0, 0.05) is 4.90 Å². The molecule has 0 aromatic heterocycles. The standard InChI is InChI=1S/2C20H34O4S.Ca/c2*1-2-3-4-5-6-7-8-9-10-11-12-13-15-18-16-14-17-19(20(18)21)25(22,23)24;/h2*14,16-17,21H,2-13,15H2,1H3,(H,22,23,24);/q;;+2/p-2. The van der Waals surface area contributed by atoms with Crippen LogP contribution in [0.25, 0.3) is 0 Å². The van der Waals surface area contributed by atoms with Crippen molar-refractivity contribution in [2.24, 2.45) is 0 Å². The predicted molar refractivity (Wildman–Crippen MR) is 207 cm³/mol. The summed E-state index contributed by atoms with van der Waals surface area (Å²) >= 11 is 0. The number of hydrogen-bond acceptors (Lipinski definition) is 7. The van der Waals surface area contributed by atoms with Gasteiger partial charge in [-0.2, -0.15) is 8.42 Å². The molecule has 288 valence electrons. The average Bonchev–Trinajstić information content (AvgIpc) is 3.06. The molecule has 0 heterocycles. The van der Waals surface area contributed by atoms with Crippen LogP contribution in [0.15, 0.2) is 46.2 Å². The molecule has 0 bridgehead atoms. The second-order valence-corrected chi connectivity index (χ2v) is 16.5. The van der Waals surface area contributed by atoms with Crippen molar-refractivity contribution in [1.82, 2.24) is 0 Å². The zero-order valence-electron chi connectivity index (χ0n) is 31.7. The van der Waals surface area contributed by atoms with E-state index in [2.05, 4.69) is 13.8 Å². The fourth-order valence-electron chi connectivity index (χ4n) is 6.25. The number of aryl methyl sites for hydroxylation is 2. The van der Waals surface area contributed by atoms with E-state index in [9.17, 15) is 31.6 Å². The largest absolute Gasteiger partial charge is 2.00 e. The number of hydrogen-bond donors (Lipinski definition) is 2. The van der Waals surface area contributed by atoms with Gasteiger partial charge >= 0.3 is 37.7 Å². The molecule has 2 N–H and O–H groups in total. The molecule has 0 aliphatic carbocycles. The van der Waals surface area contributed by atoms with Crippen LogP contribution in [-0.2, 0) is 33.1 Å². The van der Waals surface area contributed by atoms with Gasteiger partial charge in [-0.3, -0.25) is 4.55 Å². The van der Waals surface area contributed by atoms with Gasteiger partial charge in [-0.1, -0.05) is 191 Å². The molecular formula is C40H66CaO8S2. The second kappa shape index (κ2) is 30.4. The summed E-state index contributed by atoms with van der Waals surface area (Å²) < 4.78 is 64.5. The predicted octanol–water partition coefficient (Wildman–Crippen LogP) is 10.4. The van der Waals surface area contributed by atoms with Crippen molar-refractivity contribution in [1.29, 1.82) is 0 Å². The van der Waals surface area contributed by atoms with Crippen molar-refractivity contribution in [2.45, 2.75) is 191 Å². The number of para-hydroxylation sites is 2. The van der Waals surface area contributed by atoms with Gasteiger partial charge < -0.3 is 14.8 Å². The van der Waals surface area contributed by atoms with Crippen LogP contribution in [0.3, 0.4) is 0 Å². The minimum atomic E-state index is -4.67. The van der Waals surface area contributed by atoms with Crippen molar-refractivity contribution < 1.29 is 36.2 Å². The molecule has 0 saturated heterocycles. The monoisotopic (exact) mass is 778 g/mol. The normalized spacial score (nSPS) is 11.5. The van der Waals surface area contributed by atoms with Crippen LogP contribution in [0.1, 0.15) is 179 Å². The first kappa shape index (κ1) is 50.1. The quantitative estimate of drug-likeness (QED) is 0.0491. The first-order chi connectivity index (χ1) is 23.9. The van der Waals surface area contributed by atoms with Crippen LogP contribution in [0.4, 0.5) is 0 Å². The Morgan fingerprint density at radius 2 is 0.824 bits per heavy atom. The molecule has 2 rings (SSSR count). The number of aromatic hydroxyl groups is 1. The fourth-order valence-corrected chi connectivity index (χ4v) is 7.47. The SMILES string of the molecule is CCCCCCCCCCCCCCc1cccc(S(=O)(=O)O)c1O.CCCCCCCCCCCCCCc1cccc(S(=O)(=O)[O-])c1[O-].[Ca+2]. The van der Waals surface area contributed by atoms with Crippen LogP contribution in [-0.4, -0.2) is 68.8 Å². The molecule has 2 aromatic carbocycles. The van der Waals surface area contributed by atoms with Gasteiger partial charge in [0.15, 0.2) is 0 Å². The first-order valence-corrected chi connectivity index (χ1v) is 22.3. The molecule has 0 saturated carbocycles. The molecular weight excluding hydrogens is 713 g/mol.